The van der Waals surface area contributed by atoms with Crippen molar-refractivity contribution in [2.75, 3.05) is 0 Å². The number of ketones is 1. The third-order valence-corrected chi connectivity index (χ3v) is 3.21. The first kappa shape index (κ1) is 13.7. The lowest BCUT2D eigenvalue weighted by molar-refractivity contribution is -0.112. The van der Waals surface area contributed by atoms with E-state index in [1.165, 1.54) is 0 Å². The molecule has 1 heterocycles. The molecule has 4 nitrogen and oxygen atoms in total. The van der Waals surface area contributed by atoms with Crippen LogP contribution in [-0.2, 0) is 17.5 Å². The van der Waals surface area contributed by atoms with Gasteiger partial charge in [-0.1, -0.05) is 12.2 Å². The third kappa shape index (κ3) is 2.97. The molecule has 0 aromatic carbocycles. The standard InChI is InChI=1S/C14H16BN3O/c1-8-4-11(5-9(2)14(8)19)6-12-13(7-15)16-10(3)17-18-12/h4-5,11H,6-7H2,1-3H3. The Morgan fingerprint density at radius 3 is 2.32 bits per heavy atom. The zero-order valence-electron chi connectivity index (χ0n) is 11.5. The average Bonchev–Trinajstić information content (AvgIpc) is 2.38. The number of aromatic nitrogens is 3. The van der Waals surface area contributed by atoms with Crippen LogP contribution in [0.25, 0.3) is 0 Å². The number of hydrogen-bond donors (Lipinski definition) is 0. The van der Waals surface area contributed by atoms with Gasteiger partial charge < -0.3 is 0 Å². The second kappa shape index (κ2) is 5.47. The molecule has 0 unspecified atom stereocenters. The number of carbonyl (C=O) groups is 1. The molecular weight excluding hydrogens is 237 g/mol. The smallest absolute Gasteiger partial charge is 0.183 e. The van der Waals surface area contributed by atoms with Gasteiger partial charge in [-0.25, -0.2) is 4.98 Å². The highest BCUT2D eigenvalue weighted by Crippen LogP contribution is 2.22. The van der Waals surface area contributed by atoms with E-state index in [2.05, 4.69) is 15.2 Å². The number of allylic oxidation sites excluding steroid dienone is 4. The van der Waals surface area contributed by atoms with Crippen molar-refractivity contribution in [3.63, 3.8) is 0 Å². The topological polar surface area (TPSA) is 55.7 Å². The second-order valence-corrected chi connectivity index (χ2v) is 4.85. The van der Waals surface area contributed by atoms with Gasteiger partial charge in [-0.15, -0.1) is 5.10 Å². The summed E-state index contributed by atoms with van der Waals surface area (Å²) in [4.78, 5) is 16.0. The fraction of sp³-hybridized carbons (Fsp3) is 0.429. The van der Waals surface area contributed by atoms with Gasteiger partial charge in [-0.3, -0.25) is 4.79 Å². The van der Waals surface area contributed by atoms with E-state index in [-0.39, 0.29) is 11.7 Å². The third-order valence-electron chi connectivity index (χ3n) is 3.21. The monoisotopic (exact) mass is 253 g/mol. The normalized spacial score (nSPS) is 16.3. The molecule has 1 aromatic rings. The molecule has 1 aromatic heterocycles. The van der Waals surface area contributed by atoms with Crippen LogP contribution < -0.4 is 0 Å². The molecule has 0 saturated heterocycles. The van der Waals surface area contributed by atoms with Gasteiger partial charge in [0.15, 0.2) is 5.78 Å². The molecule has 96 valence electrons. The highest BCUT2D eigenvalue weighted by molar-refractivity contribution is 6.08. The zero-order valence-corrected chi connectivity index (χ0v) is 11.5. The fourth-order valence-corrected chi connectivity index (χ4v) is 2.29. The van der Waals surface area contributed by atoms with E-state index < -0.39 is 0 Å². The van der Waals surface area contributed by atoms with Crippen LogP contribution in [-0.4, -0.2) is 28.8 Å². The SMILES string of the molecule is [B]Cc1nc(C)nnc1CC1C=C(C)C(=O)C(C)=C1. The van der Waals surface area contributed by atoms with Gasteiger partial charge >= 0.3 is 0 Å². The summed E-state index contributed by atoms with van der Waals surface area (Å²) in [6, 6.07) is 0. The lowest BCUT2D eigenvalue weighted by Crippen LogP contribution is -2.15. The predicted octanol–water partition coefficient (Wildman–Crippen LogP) is 1.48. The summed E-state index contributed by atoms with van der Waals surface area (Å²) in [5.74, 6) is 0.895. The van der Waals surface area contributed by atoms with Crippen molar-refractivity contribution < 1.29 is 4.79 Å². The largest absolute Gasteiger partial charge is 0.289 e. The number of aryl methyl sites for hydroxylation is 1. The van der Waals surface area contributed by atoms with Crippen LogP contribution in [0, 0.1) is 12.8 Å². The Bertz CT molecular complexity index is 556. The lowest BCUT2D eigenvalue weighted by Gasteiger charge is -2.16. The molecule has 0 bridgehead atoms. The molecule has 2 rings (SSSR count). The molecular formula is C14H16BN3O. The van der Waals surface area contributed by atoms with E-state index in [9.17, 15) is 4.79 Å². The number of carbonyl (C=O) groups excluding carboxylic acids is 1. The molecule has 0 amide bonds. The van der Waals surface area contributed by atoms with Crippen molar-refractivity contribution in [3.05, 3.63) is 40.5 Å². The summed E-state index contributed by atoms with van der Waals surface area (Å²) >= 11 is 0. The molecule has 0 spiro atoms. The maximum absolute atomic E-state index is 11.7. The maximum Gasteiger partial charge on any atom is 0.183 e. The minimum Gasteiger partial charge on any atom is -0.289 e. The number of hydrogen-bond acceptors (Lipinski definition) is 4. The highest BCUT2D eigenvalue weighted by Gasteiger charge is 2.19. The molecule has 0 N–H and O–H groups in total. The van der Waals surface area contributed by atoms with Gasteiger partial charge in [0.25, 0.3) is 0 Å². The lowest BCUT2D eigenvalue weighted by atomic mass is 9.88. The Hall–Kier alpha value is -1.78. The summed E-state index contributed by atoms with van der Waals surface area (Å²) < 4.78 is 0. The maximum atomic E-state index is 11.7. The molecule has 0 atom stereocenters. The zero-order chi connectivity index (χ0) is 14.0. The van der Waals surface area contributed by atoms with Crippen LogP contribution in [0.15, 0.2) is 23.3 Å². The molecule has 1 aliphatic rings. The molecule has 2 radical (unpaired) electrons. The number of nitrogens with zero attached hydrogens (tertiary/aromatic N) is 3. The van der Waals surface area contributed by atoms with Crippen LogP contribution >= 0.6 is 0 Å². The van der Waals surface area contributed by atoms with Gasteiger partial charge in [0, 0.05) is 12.3 Å². The minimum absolute atomic E-state index is 0.114. The van der Waals surface area contributed by atoms with E-state index in [4.69, 9.17) is 7.85 Å². The molecule has 1 aliphatic carbocycles. The summed E-state index contributed by atoms with van der Waals surface area (Å²) in [5, 5.41) is 8.16. The Morgan fingerprint density at radius 2 is 1.74 bits per heavy atom. The van der Waals surface area contributed by atoms with Gasteiger partial charge in [0.05, 0.1) is 19.2 Å². The first-order valence-corrected chi connectivity index (χ1v) is 6.32. The predicted molar refractivity (Wildman–Crippen MR) is 73.7 cm³/mol. The van der Waals surface area contributed by atoms with Crippen molar-refractivity contribution in [3.8, 4) is 0 Å². The van der Waals surface area contributed by atoms with E-state index in [0.717, 1.165) is 22.5 Å². The van der Waals surface area contributed by atoms with Crippen molar-refractivity contribution in [1.82, 2.24) is 15.2 Å². The summed E-state index contributed by atoms with van der Waals surface area (Å²) in [7, 11) is 5.69. The highest BCUT2D eigenvalue weighted by atomic mass is 16.1. The Morgan fingerprint density at radius 1 is 1.11 bits per heavy atom. The van der Waals surface area contributed by atoms with Crippen molar-refractivity contribution in [2.24, 2.45) is 5.92 Å². The fourth-order valence-electron chi connectivity index (χ4n) is 2.29. The van der Waals surface area contributed by atoms with Gasteiger partial charge in [0.1, 0.15) is 5.82 Å². The van der Waals surface area contributed by atoms with Crippen LogP contribution in [0.2, 0.25) is 0 Å². The van der Waals surface area contributed by atoms with Crippen molar-refractivity contribution in [1.29, 1.82) is 0 Å². The average molecular weight is 253 g/mol. The summed E-state index contributed by atoms with van der Waals surface area (Å²) in [6.45, 7) is 5.48. The van der Waals surface area contributed by atoms with Crippen LogP contribution in [0.1, 0.15) is 31.1 Å². The second-order valence-electron chi connectivity index (χ2n) is 4.85. The van der Waals surface area contributed by atoms with E-state index in [1.54, 1.807) is 6.92 Å². The Balaban J connectivity index is 2.25. The number of rotatable bonds is 3. The van der Waals surface area contributed by atoms with Crippen LogP contribution in [0.5, 0.6) is 0 Å². The summed E-state index contributed by atoms with van der Waals surface area (Å²) in [5.41, 5.74) is 3.15. The van der Waals surface area contributed by atoms with Gasteiger partial charge in [-0.2, -0.15) is 5.10 Å². The Kier molecular flexibility index (Phi) is 3.93. The minimum atomic E-state index is 0.114. The molecule has 19 heavy (non-hydrogen) atoms. The van der Waals surface area contributed by atoms with E-state index >= 15 is 0 Å². The van der Waals surface area contributed by atoms with E-state index in [1.807, 2.05) is 26.0 Å². The number of Topliss-reactive ketones (excluding diaryl/α,β-unsaturated/α-hetero) is 1. The van der Waals surface area contributed by atoms with Crippen molar-refractivity contribution >= 4 is 13.6 Å². The van der Waals surface area contributed by atoms with Gasteiger partial charge in [-0.05, 0) is 38.2 Å². The molecule has 0 saturated carbocycles. The van der Waals surface area contributed by atoms with Crippen molar-refractivity contribution in [2.45, 2.75) is 33.5 Å². The quantitative estimate of drug-likeness (QED) is 0.765. The Labute approximate surface area is 114 Å². The first-order chi connectivity index (χ1) is 9.01. The van der Waals surface area contributed by atoms with E-state index in [0.29, 0.717) is 18.6 Å². The molecule has 0 aliphatic heterocycles. The first-order valence-electron chi connectivity index (χ1n) is 6.32. The molecule has 0 fully saturated rings. The van der Waals surface area contributed by atoms with Crippen LogP contribution in [0.4, 0.5) is 0 Å². The summed E-state index contributed by atoms with van der Waals surface area (Å²) in [6.07, 6.45) is 4.96. The van der Waals surface area contributed by atoms with Crippen LogP contribution in [0.3, 0.4) is 0 Å². The van der Waals surface area contributed by atoms with Gasteiger partial charge in [0.2, 0.25) is 0 Å². The molecule has 5 heteroatoms.